The van der Waals surface area contributed by atoms with Gasteiger partial charge in [-0.1, -0.05) is 12.1 Å². The van der Waals surface area contributed by atoms with E-state index in [9.17, 15) is 14.9 Å². The van der Waals surface area contributed by atoms with Crippen molar-refractivity contribution in [2.75, 3.05) is 0 Å². The van der Waals surface area contributed by atoms with Gasteiger partial charge < -0.3 is 0 Å². The van der Waals surface area contributed by atoms with Crippen LogP contribution in [-0.2, 0) is 0 Å². The molecule has 0 fully saturated rings. The van der Waals surface area contributed by atoms with Gasteiger partial charge in [-0.05, 0) is 12.2 Å². The molecule has 0 saturated carbocycles. The standard InChI is InChI=1S/C11H9N5O3S/c1-7-10(17)15(11(20)14-13-7)12-6-8-3-2-4-9(5-8)16(18)19/h2-6H,1H3,(H,14,20)/p+1/b12-6+. The third-order valence-corrected chi connectivity index (χ3v) is 2.74. The third-order valence-electron chi connectivity index (χ3n) is 2.47. The number of H-pyrrole nitrogens is 2. The zero-order chi connectivity index (χ0) is 14.7. The number of hydrogen-bond acceptors (Lipinski definition) is 5. The maximum Gasteiger partial charge on any atom is 0.342 e. The van der Waals surface area contributed by atoms with E-state index in [0.717, 1.165) is 4.68 Å². The van der Waals surface area contributed by atoms with Gasteiger partial charge in [0.05, 0.1) is 11.1 Å². The minimum Gasteiger partial charge on any atom is -0.260 e. The van der Waals surface area contributed by atoms with Gasteiger partial charge in [0, 0.05) is 24.6 Å². The molecule has 0 spiro atoms. The van der Waals surface area contributed by atoms with E-state index in [2.05, 4.69) is 15.3 Å². The van der Waals surface area contributed by atoms with Gasteiger partial charge in [0.25, 0.3) is 16.2 Å². The fourth-order valence-electron chi connectivity index (χ4n) is 1.45. The van der Waals surface area contributed by atoms with Crippen LogP contribution in [0.5, 0.6) is 0 Å². The number of aromatic nitrogens is 3. The highest BCUT2D eigenvalue weighted by Crippen LogP contribution is 2.11. The van der Waals surface area contributed by atoms with Gasteiger partial charge in [-0.3, -0.25) is 14.9 Å². The third kappa shape index (κ3) is 2.83. The zero-order valence-electron chi connectivity index (χ0n) is 10.4. The Bertz CT molecular complexity index is 808. The van der Waals surface area contributed by atoms with Crippen LogP contribution in [0.1, 0.15) is 11.3 Å². The van der Waals surface area contributed by atoms with Crippen molar-refractivity contribution in [3.8, 4) is 0 Å². The number of nitrogens with zero attached hydrogens (tertiary/aromatic N) is 3. The monoisotopic (exact) mass is 292 g/mol. The minimum atomic E-state index is -0.503. The molecule has 2 N–H and O–H groups in total. The smallest absolute Gasteiger partial charge is 0.260 e. The summed E-state index contributed by atoms with van der Waals surface area (Å²) in [4.78, 5) is 22.0. The molecule has 0 aliphatic rings. The first-order valence-corrected chi connectivity index (χ1v) is 5.92. The predicted molar refractivity (Wildman–Crippen MR) is 73.3 cm³/mol. The quantitative estimate of drug-likeness (QED) is 0.391. The second-order valence-corrected chi connectivity index (χ2v) is 4.28. The maximum absolute atomic E-state index is 11.8. The van der Waals surface area contributed by atoms with E-state index < -0.39 is 10.5 Å². The van der Waals surface area contributed by atoms with Crippen molar-refractivity contribution >= 4 is 24.1 Å². The summed E-state index contributed by atoms with van der Waals surface area (Å²) in [6.07, 6.45) is 1.33. The van der Waals surface area contributed by atoms with Crippen molar-refractivity contribution in [1.29, 1.82) is 0 Å². The molecule has 0 radical (unpaired) electrons. The molecule has 102 valence electrons. The molecule has 0 bridgehead atoms. The summed E-state index contributed by atoms with van der Waals surface area (Å²) >= 11 is 4.94. The highest BCUT2D eigenvalue weighted by atomic mass is 32.1. The largest absolute Gasteiger partial charge is 0.342 e. The highest BCUT2D eigenvalue weighted by molar-refractivity contribution is 7.71. The molecule has 0 unspecified atom stereocenters. The Labute approximate surface area is 117 Å². The molecular formula is C11H10N5O3S+. The molecule has 0 aliphatic heterocycles. The van der Waals surface area contributed by atoms with E-state index in [0.29, 0.717) is 11.3 Å². The lowest BCUT2D eigenvalue weighted by molar-refractivity contribution is -0.467. The van der Waals surface area contributed by atoms with Crippen molar-refractivity contribution in [2.24, 2.45) is 5.10 Å². The molecular weight excluding hydrogens is 282 g/mol. The van der Waals surface area contributed by atoms with E-state index in [4.69, 9.17) is 12.2 Å². The van der Waals surface area contributed by atoms with E-state index in [1.165, 1.54) is 24.4 Å². The number of nitrogens with one attached hydrogen (secondary N) is 2. The lowest BCUT2D eigenvalue weighted by Gasteiger charge is -1.96. The first-order valence-electron chi connectivity index (χ1n) is 5.51. The summed E-state index contributed by atoms with van der Waals surface area (Å²) in [6.45, 7) is 1.58. The van der Waals surface area contributed by atoms with Crippen molar-refractivity contribution in [1.82, 2.24) is 9.77 Å². The first kappa shape index (κ1) is 13.7. The summed E-state index contributed by atoms with van der Waals surface area (Å²) in [5, 5.41) is 19.8. The predicted octanol–water partition coefficient (Wildman–Crippen LogP) is 0.819. The van der Waals surface area contributed by atoms with Crippen LogP contribution in [0.2, 0.25) is 0 Å². The molecule has 20 heavy (non-hydrogen) atoms. The summed E-state index contributed by atoms with van der Waals surface area (Å²) in [5.74, 6) is 0. The fourth-order valence-corrected chi connectivity index (χ4v) is 1.63. The Balaban J connectivity index is 2.42. The zero-order valence-corrected chi connectivity index (χ0v) is 11.2. The van der Waals surface area contributed by atoms with E-state index in [1.54, 1.807) is 13.0 Å². The minimum absolute atomic E-state index is 0.0518. The number of non-ortho nitro benzene ring substituents is 1. The van der Waals surface area contributed by atoms with Crippen LogP contribution in [-0.4, -0.2) is 20.9 Å². The second-order valence-electron chi connectivity index (χ2n) is 3.89. The number of nitro groups is 1. The van der Waals surface area contributed by atoms with Crippen LogP contribution >= 0.6 is 12.2 Å². The Morgan fingerprint density at radius 2 is 2.30 bits per heavy atom. The van der Waals surface area contributed by atoms with Crippen LogP contribution in [0.3, 0.4) is 0 Å². The van der Waals surface area contributed by atoms with Gasteiger partial charge in [0.2, 0.25) is 0 Å². The fraction of sp³-hybridized carbons (Fsp3) is 0.0909. The number of rotatable bonds is 3. The number of benzene rings is 1. The Morgan fingerprint density at radius 1 is 1.55 bits per heavy atom. The lowest BCUT2D eigenvalue weighted by atomic mass is 10.2. The average molecular weight is 292 g/mol. The summed E-state index contributed by atoms with van der Waals surface area (Å²) < 4.78 is 1.10. The summed E-state index contributed by atoms with van der Waals surface area (Å²) in [6, 6.07) is 5.89. The van der Waals surface area contributed by atoms with Gasteiger partial charge in [-0.15, -0.1) is 10.2 Å². The van der Waals surface area contributed by atoms with Gasteiger partial charge in [-0.2, -0.15) is 9.78 Å². The average Bonchev–Trinajstić information content (AvgIpc) is 2.43. The van der Waals surface area contributed by atoms with Crippen LogP contribution in [0.25, 0.3) is 0 Å². The molecule has 2 aromatic rings. The first-order chi connectivity index (χ1) is 9.49. The van der Waals surface area contributed by atoms with Gasteiger partial charge in [0.1, 0.15) is 0 Å². The number of nitro benzene ring substituents is 1. The Kier molecular flexibility index (Phi) is 3.80. The topological polar surface area (TPSA) is 107 Å². The Morgan fingerprint density at radius 3 is 3.00 bits per heavy atom. The molecule has 1 aromatic carbocycles. The van der Waals surface area contributed by atoms with Crippen LogP contribution in [0.4, 0.5) is 5.69 Å². The van der Waals surface area contributed by atoms with E-state index in [-0.39, 0.29) is 10.5 Å². The molecule has 1 heterocycles. The number of hydrogen-bond donors (Lipinski definition) is 1. The molecule has 9 heteroatoms. The maximum atomic E-state index is 11.8. The molecule has 1 aromatic heterocycles. The molecule has 2 rings (SSSR count). The van der Waals surface area contributed by atoms with Gasteiger partial charge in [0.15, 0.2) is 0 Å². The normalized spacial score (nSPS) is 10.8. The summed E-state index contributed by atoms with van der Waals surface area (Å²) in [5.41, 5.74) is 0.389. The van der Waals surface area contributed by atoms with Crippen LogP contribution in [0.15, 0.2) is 34.2 Å². The van der Waals surface area contributed by atoms with Crippen molar-refractivity contribution in [2.45, 2.75) is 6.92 Å². The van der Waals surface area contributed by atoms with E-state index in [1.807, 2.05) is 0 Å². The molecule has 0 amide bonds. The molecule has 0 atom stereocenters. The van der Waals surface area contributed by atoms with Crippen LogP contribution < -0.4 is 10.7 Å². The van der Waals surface area contributed by atoms with Crippen molar-refractivity contribution in [3.63, 3.8) is 0 Å². The lowest BCUT2D eigenvalue weighted by Crippen LogP contribution is -2.31. The van der Waals surface area contributed by atoms with Gasteiger partial charge >= 0.3 is 5.56 Å². The van der Waals surface area contributed by atoms with Crippen LogP contribution in [0, 0.1) is 21.8 Å². The second kappa shape index (κ2) is 5.53. The molecule has 0 aliphatic carbocycles. The van der Waals surface area contributed by atoms with E-state index >= 15 is 0 Å². The summed E-state index contributed by atoms with van der Waals surface area (Å²) in [7, 11) is 0. The SMILES string of the molecule is Cc1[nH+][nH]c(=S)n(/N=C/c2cccc([N+](=O)[O-])c2)c1=O. The van der Waals surface area contributed by atoms with Crippen molar-refractivity contribution < 1.29 is 10.0 Å². The Hall–Kier alpha value is -2.68. The van der Waals surface area contributed by atoms with Crippen molar-refractivity contribution in [3.05, 3.63) is 60.8 Å². The molecule has 8 nitrogen and oxygen atoms in total. The van der Waals surface area contributed by atoms with Gasteiger partial charge in [-0.25, -0.2) is 0 Å². The number of aryl methyl sites for hydroxylation is 1. The highest BCUT2D eigenvalue weighted by Gasteiger charge is 2.07. The molecule has 0 saturated heterocycles. The number of aromatic amines is 2.